The van der Waals surface area contributed by atoms with Crippen LogP contribution in [0.3, 0.4) is 0 Å². The van der Waals surface area contributed by atoms with E-state index in [4.69, 9.17) is 16.9 Å². The van der Waals surface area contributed by atoms with Crippen LogP contribution in [0, 0.1) is 11.3 Å². The van der Waals surface area contributed by atoms with Crippen molar-refractivity contribution in [3.63, 3.8) is 0 Å². The van der Waals surface area contributed by atoms with Crippen LogP contribution < -0.4 is 5.32 Å². The van der Waals surface area contributed by atoms with Crippen molar-refractivity contribution in [2.24, 2.45) is 0 Å². The maximum absolute atomic E-state index is 11.6. The largest absolute Gasteiger partial charge is 0.300 e. The molecule has 2 amide bonds. The van der Waals surface area contributed by atoms with Crippen molar-refractivity contribution in [3.05, 3.63) is 34.3 Å². The lowest BCUT2D eigenvalue weighted by Gasteiger charge is -2.25. The maximum atomic E-state index is 11.6. The van der Waals surface area contributed by atoms with E-state index in [2.05, 4.69) is 5.32 Å². The molecule has 18 heavy (non-hydrogen) atoms. The summed E-state index contributed by atoms with van der Waals surface area (Å²) in [7, 11) is 0. The number of benzene rings is 1. The van der Waals surface area contributed by atoms with Gasteiger partial charge in [0.2, 0.25) is 11.8 Å². The van der Waals surface area contributed by atoms with Gasteiger partial charge in [-0.2, -0.15) is 5.26 Å². The molecule has 0 aromatic heterocycles. The van der Waals surface area contributed by atoms with Crippen LogP contribution in [0.1, 0.15) is 11.1 Å². The molecule has 1 fully saturated rings. The van der Waals surface area contributed by atoms with Gasteiger partial charge in [-0.3, -0.25) is 19.8 Å². The molecule has 1 aliphatic rings. The number of carbonyl (C=O) groups is 2. The van der Waals surface area contributed by atoms with Crippen molar-refractivity contribution in [3.8, 4) is 6.07 Å². The Hall–Kier alpha value is -1.90. The number of piperazine rings is 1. The number of nitrogens with one attached hydrogen (secondary N) is 1. The first kappa shape index (κ1) is 12.6. The molecule has 2 rings (SSSR count). The highest BCUT2D eigenvalue weighted by Crippen LogP contribution is 2.20. The summed E-state index contributed by atoms with van der Waals surface area (Å²) < 4.78 is 0. The third-order valence-electron chi connectivity index (χ3n) is 2.67. The lowest BCUT2D eigenvalue weighted by atomic mass is 10.1. The minimum absolute atomic E-state index is 0.143. The second kappa shape index (κ2) is 5.17. The lowest BCUT2D eigenvalue weighted by molar-refractivity contribution is -0.147. The number of amides is 2. The van der Waals surface area contributed by atoms with Gasteiger partial charge < -0.3 is 0 Å². The van der Waals surface area contributed by atoms with Crippen molar-refractivity contribution < 1.29 is 9.59 Å². The highest BCUT2D eigenvalue weighted by atomic mass is 35.5. The highest BCUT2D eigenvalue weighted by molar-refractivity contribution is 6.31. The van der Waals surface area contributed by atoms with E-state index in [0.717, 1.165) is 0 Å². The average Bonchev–Trinajstić information content (AvgIpc) is 2.35. The Morgan fingerprint density at radius 2 is 2.00 bits per heavy atom. The van der Waals surface area contributed by atoms with Gasteiger partial charge >= 0.3 is 0 Å². The third-order valence-corrected chi connectivity index (χ3v) is 3.02. The second-order valence-corrected chi connectivity index (χ2v) is 4.30. The van der Waals surface area contributed by atoms with E-state index in [0.29, 0.717) is 16.1 Å². The van der Waals surface area contributed by atoms with Gasteiger partial charge in [0, 0.05) is 5.02 Å². The van der Waals surface area contributed by atoms with Crippen molar-refractivity contribution in [1.29, 1.82) is 5.26 Å². The van der Waals surface area contributed by atoms with Crippen LogP contribution in [-0.2, 0) is 16.1 Å². The van der Waals surface area contributed by atoms with Crippen molar-refractivity contribution in [2.45, 2.75) is 6.54 Å². The molecule has 0 bridgehead atoms. The van der Waals surface area contributed by atoms with E-state index >= 15 is 0 Å². The van der Waals surface area contributed by atoms with Crippen LogP contribution in [0.5, 0.6) is 0 Å². The Balaban J connectivity index is 2.21. The standard InChI is InChI=1S/C12H10ClN3O2/c13-10-3-8(4-14)1-2-9(10)7-16-11(17)5-15-6-12(16)18/h1-3,15H,5-7H2. The van der Waals surface area contributed by atoms with E-state index < -0.39 is 0 Å². The number of carbonyl (C=O) groups excluding carboxylic acids is 2. The average molecular weight is 264 g/mol. The molecule has 0 atom stereocenters. The summed E-state index contributed by atoms with van der Waals surface area (Å²) in [6, 6.07) is 6.76. The number of hydrogen-bond acceptors (Lipinski definition) is 4. The van der Waals surface area contributed by atoms with Gasteiger partial charge in [0.05, 0.1) is 31.3 Å². The molecule has 0 aliphatic carbocycles. The van der Waals surface area contributed by atoms with Gasteiger partial charge in [0.25, 0.3) is 0 Å². The van der Waals surface area contributed by atoms with E-state index in [-0.39, 0.29) is 31.4 Å². The highest BCUT2D eigenvalue weighted by Gasteiger charge is 2.26. The molecule has 5 nitrogen and oxygen atoms in total. The molecule has 0 radical (unpaired) electrons. The minimum atomic E-state index is -0.272. The summed E-state index contributed by atoms with van der Waals surface area (Å²) in [5.41, 5.74) is 1.10. The molecular weight excluding hydrogens is 254 g/mol. The summed E-state index contributed by atoms with van der Waals surface area (Å²) in [5, 5.41) is 11.8. The molecule has 1 aromatic carbocycles. The van der Waals surface area contributed by atoms with Crippen LogP contribution in [0.25, 0.3) is 0 Å². The van der Waals surface area contributed by atoms with E-state index in [9.17, 15) is 9.59 Å². The Kier molecular flexibility index (Phi) is 3.60. The number of imide groups is 1. The fraction of sp³-hybridized carbons (Fsp3) is 0.250. The first-order valence-corrected chi connectivity index (χ1v) is 5.72. The Bertz CT molecular complexity index is 535. The molecule has 0 unspecified atom stereocenters. The molecule has 6 heteroatoms. The number of hydrogen-bond donors (Lipinski definition) is 1. The van der Waals surface area contributed by atoms with Crippen molar-refractivity contribution >= 4 is 23.4 Å². The lowest BCUT2D eigenvalue weighted by Crippen LogP contribution is -2.51. The number of nitrogens with zero attached hydrogens (tertiary/aromatic N) is 2. The maximum Gasteiger partial charge on any atom is 0.243 e. The predicted molar refractivity (Wildman–Crippen MR) is 64.6 cm³/mol. The molecule has 1 N–H and O–H groups in total. The molecule has 0 saturated carbocycles. The molecule has 92 valence electrons. The number of halogens is 1. The SMILES string of the molecule is N#Cc1ccc(CN2C(=O)CNCC2=O)c(Cl)c1. The van der Waals surface area contributed by atoms with Gasteiger partial charge in [-0.15, -0.1) is 0 Å². The molecule has 1 saturated heterocycles. The van der Waals surface area contributed by atoms with E-state index in [1.165, 1.54) is 11.0 Å². The van der Waals surface area contributed by atoms with Crippen LogP contribution in [0.4, 0.5) is 0 Å². The predicted octanol–water partition coefficient (Wildman–Crippen LogP) is 0.670. The summed E-state index contributed by atoms with van der Waals surface area (Å²) in [5.74, 6) is -0.543. The summed E-state index contributed by atoms with van der Waals surface area (Å²) in [6.07, 6.45) is 0. The van der Waals surface area contributed by atoms with Crippen molar-refractivity contribution in [2.75, 3.05) is 13.1 Å². The Labute approximate surface area is 109 Å². The smallest absolute Gasteiger partial charge is 0.243 e. The van der Waals surface area contributed by atoms with Crippen LogP contribution >= 0.6 is 11.6 Å². The fourth-order valence-electron chi connectivity index (χ4n) is 1.70. The number of rotatable bonds is 2. The van der Waals surface area contributed by atoms with E-state index in [1.54, 1.807) is 12.1 Å². The van der Waals surface area contributed by atoms with Crippen LogP contribution in [0.2, 0.25) is 5.02 Å². The van der Waals surface area contributed by atoms with Crippen LogP contribution in [0.15, 0.2) is 18.2 Å². The quantitative estimate of drug-likeness (QED) is 0.796. The van der Waals surface area contributed by atoms with Crippen LogP contribution in [-0.4, -0.2) is 29.8 Å². The molecule has 1 aromatic rings. The monoisotopic (exact) mass is 263 g/mol. The summed E-state index contributed by atoms with van der Waals surface area (Å²) >= 11 is 6.01. The first-order valence-electron chi connectivity index (χ1n) is 5.34. The third kappa shape index (κ3) is 2.50. The molecule has 1 aliphatic heterocycles. The van der Waals surface area contributed by atoms with Gasteiger partial charge in [-0.1, -0.05) is 17.7 Å². The van der Waals surface area contributed by atoms with Gasteiger partial charge in [-0.05, 0) is 17.7 Å². The fourth-order valence-corrected chi connectivity index (χ4v) is 1.94. The van der Waals surface area contributed by atoms with Crippen molar-refractivity contribution in [1.82, 2.24) is 10.2 Å². The van der Waals surface area contributed by atoms with E-state index in [1.807, 2.05) is 6.07 Å². The molecular formula is C12H10ClN3O2. The zero-order valence-electron chi connectivity index (χ0n) is 9.44. The Morgan fingerprint density at radius 1 is 1.33 bits per heavy atom. The first-order chi connectivity index (χ1) is 8.61. The van der Waals surface area contributed by atoms with Gasteiger partial charge in [0.1, 0.15) is 0 Å². The minimum Gasteiger partial charge on any atom is -0.300 e. The second-order valence-electron chi connectivity index (χ2n) is 3.90. The zero-order valence-corrected chi connectivity index (χ0v) is 10.2. The number of nitriles is 1. The topological polar surface area (TPSA) is 73.2 Å². The van der Waals surface area contributed by atoms with Gasteiger partial charge in [-0.25, -0.2) is 0 Å². The Morgan fingerprint density at radius 3 is 2.56 bits per heavy atom. The van der Waals surface area contributed by atoms with Gasteiger partial charge in [0.15, 0.2) is 0 Å². The molecule has 1 heterocycles. The zero-order chi connectivity index (χ0) is 13.1. The summed E-state index contributed by atoms with van der Waals surface area (Å²) in [6.45, 7) is 0.448. The summed E-state index contributed by atoms with van der Waals surface area (Å²) in [4.78, 5) is 24.4. The normalized spacial score (nSPS) is 15.7. The molecule has 0 spiro atoms.